The zero-order chi connectivity index (χ0) is 14.7. The standard InChI is InChI=1S/C15H14FNO3/c1-9-13(3-4-14(16)17-9)11-5-10(8-18)6-12(7-11)15(19)20-2/h3-7,18H,8H2,1-2H3. The van der Waals surface area contributed by atoms with Gasteiger partial charge in [0.1, 0.15) is 0 Å². The number of ether oxygens (including phenoxy) is 1. The minimum atomic E-state index is -0.558. The van der Waals surface area contributed by atoms with Crippen LogP contribution in [0.2, 0.25) is 0 Å². The molecular weight excluding hydrogens is 261 g/mol. The van der Waals surface area contributed by atoms with Crippen molar-refractivity contribution in [3.8, 4) is 11.1 Å². The van der Waals surface area contributed by atoms with Gasteiger partial charge in [-0.3, -0.25) is 0 Å². The van der Waals surface area contributed by atoms with Gasteiger partial charge < -0.3 is 9.84 Å². The van der Waals surface area contributed by atoms with Crippen molar-refractivity contribution < 1.29 is 19.0 Å². The van der Waals surface area contributed by atoms with Crippen molar-refractivity contribution in [3.05, 3.63) is 53.1 Å². The Morgan fingerprint density at radius 1 is 1.35 bits per heavy atom. The van der Waals surface area contributed by atoms with Gasteiger partial charge in [0, 0.05) is 11.3 Å². The lowest BCUT2D eigenvalue weighted by molar-refractivity contribution is 0.0600. The van der Waals surface area contributed by atoms with Gasteiger partial charge in [-0.2, -0.15) is 4.39 Å². The van der Waals surface area contributed by atoms with Crippen molar-refractivity contribution in [1.29, 1.82) is 0 Å². The quantitative estimate of drug-likeness (QED) is 0.690. The van der Waals surface area contributed by atoms with Crippen molar-refractivity contribution in [1.82, 2.24) is 4.98 Å². The molecule has 0 atom stereocenters. The molecule has 5 heteroatoms. The highest BCUT2D eigenvalue weighted by atomic mass is 19.1. The summed E-state index contributed by atoms with van der Waals surface area (Å²) < 4.78 is 17.7. The molecule has 0 saturated carbocycles. The van der Waals surface area contributed by atoms with Crippen molar-refractivity contribution in [2.75, 3.05) is 7.11 Å². The van der Waals surface area contributed by atoms with Crippen LogP contribution in [0.15, 0.2) is 30.3 Å². The van der Waals surface area contributed by atoms with E-state index in [0.717, 1.165) is 0 Å². The Bertz CT molecular complexity index is 656. The van der Waals surface area contributed by atoms with Gasteiger partial charge >= 0.3 is 5.97 Å². The summed E-state index contributed by atoms with van der Waals surface area (Å²) in [7, 11) is 1.29. The molecule has 0 bridgehead atoms. The van der Waals surface area contributed by atoms with Crippen LogP contribution in [0, 0.1) is 12.9 Å². The first-order valence-electron chi connectivity index (χ1n) is 6.02. The summed E-state index contributed by atoms with van der Waals surface area (Å²) in [5.41, 5.74) is 2.80. The maximum absolute atomic E-state index is 13.0. The maximum atomic E-state index is 13.0. The van der Waals surface area contributed by atoms with Gasteiger partial charge in [0.05, 0.1) is 19.3 Å². The number of carbonyl (C=O) groups is 1. The number of hydrogen-bond acceptors (Lipinski definition) is 4. The fourth-order valence-corrected chi connectivity index (χ4v) is 2.01. The van der Waals surface area contributed by atoms with Crippen molar-refractivity contribution in [2.45, 2.75) is 13.5 Å². The fourth-order valence-electron chi connectivity index (χ4n) is 2.01. The van der Waals surface area contributed by atoms with E-state index in [2.05, 4.69) is 9.72 Å². The number of esters is 1. The summed E-state index contributed by atoms with van der Waals surface area (Å²) in [5, 5.41) is 9.27. The molecule has 1 aromatic heterocycles. The van der Waals surface area contributed by atoms with Gasteiger partial charge in [0.15, 0.2) is 0 Å². The molecule has 0 aliphatic carbocycles. The summed E-state index contributed by atoms with van der Waals surface area (Å²) in [6, 6.07) is 7.77. The van der Waals surface area contributed by atoms with Crippen LogP contribution < -0.4 is 0 Å². The molecule has 1 N–H and O–H groups in total. The van der Waals surface area contributed by atoms with Gasteiger partial charge in [-0.15, -0.1) is 0 Å². The van der Waals surface area contributed by atoms with Crippen molar-refractivity contribution in [3.63, 3.8) is 0 Å². The Hall–Kier alpha value is -2.27. The Labute approximate surface area is 115 Å². The van der Waals surface area contributed by atoms with E-state index in [0.29, 0.717) is 27.9 Å². The molecule has 0 radical (unpaired) electrons. The largest absolute Gasteiger partial charge is 0.465 e. The first-order valence-corrected chi connectivity index (χ1v) is 6.02. The number of aryl methyl sites for hydroxylation is 1. The number of hydrogen-bond donors (Lipinski definition) is 1. The van der Waals surface area contributed by atoms with Crippen LogP contribution in [0.25, 0.3) is 11.1 Å². The Morgan fingerprint density at radius 3 is 2.70 bits per heavy atom. The molecule has 1 heterocycles. The lowest BCUT2D eigenvalue weighted by Crippen LogP contribution is -2.03. The van der Waals surface area contributed by atoms with E-state index in [1.165, 1.54) is 13.2 Å². The van der Waals surface area contributed by atoms with E-state index in [1.54, 1.807) is 31.2 Å². The monoisotopic (exact) mass is 275 g/mol. The SMILES string of the molecule is COC(=O)c1cc(CO)cc(-c2ccc(F)nc2C)c1. The highest BCUT2D eigenvalue weighted by Gasteiger charge is 2.12. The first-order chi connectivity index (χ1) is 9.55. The Morgan fingerprint density at radius 2 is 2.10 bits per heavy atom. The van der Waals surface area contributed by atoms with E-state index in [1.807, 2.05) is 0 Å². The molecule has 0 saturated heterocycles. The third-order valence-corrected chi connectivity index (χ3v) is 2.96. The second-order valence-electron chi connectivity index (χ2n) is 4.34. The summed E-state index contributed by atoms with van der Waals surface area (Å²) in [5.74, 6) is -1.05. The number of benzene rings is 1. The van der Waals surface area contributed by atoms with Crippen molar-refractivity contribution >= 4 is 5.97 Å². The van der Waals surface area contributed by atoms with Gasteiger partial charge in [0.2, 0.25) is 5.95 Å². The molecule has 2 aromatic rings. The van der Waals surface area contributed by atoms with Crippen LogP contribution in [0.1, 0.15) is 21.6 Å². The molecule has 0 unspecified atom stereocenters. The topological polar surface area (TPSA) is 59.4 Å². The number of nitrogens with zero attached hydrogens (tertiary/aromatic N) is 1. The van der Waals surface area contributed by atoms with Gasteiger partial charge in [0.25, 0.3) is 0 Å². The maximum Gasteiger partial charge on any atom is 0.337 e. The van der Waals surface area contributed by atoms with E-state index in [4.69, 9.17) is 0 Å². The van der Waals surface area contributed by atoms with Gasteiger partial charge in [-0.25, -0.2) is 9.78 Å². The smallest absolute Gasteiger partial charge is 0.337 e. The number of halogens is 1. The normalized spacial score (nSPS) is 10.4. The summed E-state index contributed by atoms with van der Waals surface area (Å²) in [4.78, 5) is 15.4. The van der Waals surface area contributed by atoms with Crippen LogP contribution in [-0.2, 0) is 11.3 Å². The third kappa shape index (κ3) is 2.83. The van der Waals surface area contributed by atoms with E-state index >= 15 is 0 Å². The Kier molecular flexibility index (Phi) is 4.10. The summed E-state index contributed by atoms with van der Waals surface area (Å²) in [6.07, 6.45) is 0. The summed E-state index contributed by atoms with van der Waals surface area (Å²) >= 11 is 0. The molecule has 4 nitrogen and oxygen atoms in total. The average Bonchev–Trinajstić information content (AvgIpc) is 2.45. The third-order valence-electron chi connectivity index (χ3n) is 2.96. The zero-order valence-corrected chi connectivity index (χ0v) is 11.2. The van der Waals surface area contributed by atoms with Crippen LogP contribution >= 0.6 is 0 Å². The molecule has 104 valence electrons. The number of carbonyl (C=O) groups excluding carboxylic acids is 1. The minimum absolute atomic E-state index is 0.203. The van der Waals surface area contributed by atoms with E-state index in [9.17, 15) is 14.3 Å². The molecule has 1 aromatic carbocycles. The number of rotatable bonds is 3. The second-order valence-corrected chi connectivity index (χ2v) is 4.34. The van der Waals surface area contributed by atoms with Gasteiger partial charge in [-0.05, 0) is 48.4 Å². The predicted molar refractivity (Wildman–Crippen MR) is 71.6 cm³/mol. The van der Waals surface area contributed by atoms with Crippen molar-refractivity contribution in [2.24, 2.45) is 0 Å². The lowest BCUT2D eigenvalue weighted by atomic mass is 9.99. The number of methoxy groups -OCH3 is 1. The number of pyridine rings is 1. The number of aliphatic hydroxyl groups is 1. The molecule has 20 heavy (non-hydrogen) atoms. The lowest BCUT2D eigenvalue weighted by Gasteiger charge is -2.09. The van der Waals surface area contributed by atoms with E-state index in [-0.39, 0.29) is 6.61 Å². The molecule has 0 aliphatic rings. The number of aromatic nitrogens is 1. The molecule has 0 spiro atoms. The van der Waals surface area contributed by atoms with Crippen LogP contribution in [0.3, 0.4) is 0 Å². The minimum Gasteiger partial charge on any atom is -0.465 e. The highest BCUT2D eigenvalue weighted by molar-refractivity contribution is 5.91. The fraction of sp³-hybridized carbons (Fsp3) is 0.200. The first kappa shape index (κ1) is 14.1. The zero-order valence-electron chi connectivity index (χ0n) is 11.2. The molecular formula is C15H14FNO3. The Balaban J connectivity index is 2.58. The van der Waals surface area contributed by atoms with Crippen LogP contribution in [0.4, 0.5) is 4.39 Å². The van der Waals surface area contributed by atoms with Crippen LogP contribution in [-0.4, -0.2) is 23.2 Å². The van der Waals surface area contributed by atoms with E-state index < -0.39 is 11.9 Å². The van der Waals surface area contributed by atoms with Gasteiger partial charge in [-0.1, -0.05) is 0 Å². The number of aliphatic hydroxyl groups excluding tert-OH is 1. The molecule has 0 aliphatic heterocycles. The molecule has 0 fully saturated rings. The molecule has 0 amide bonds. The molecule has 2 rings (SSSR count). The average molecular weight is 275 g/mol. The predicted octanol–water partition coefficient (Wildman–Crippen LogP) is 2.48. The summed E-state index contributed by atoms with van der Waals surface area (Å²) in [6.45, 7) is 1.48. The second kappa shape index (κ2) is 5.79. The van der Waals surface area contributed by atoms with Crippen LogP contribution in [0.5, 0.6) is 0 Å². The highest BCUT2D eigenvalue weighted by Crippen LogP contribution is 2.25.